The lowest BCUT2D eigenvalue weighted by Crippen LogP contribution is -2.45. The van der Waals surface area contributed by atoms with Gasteiger partial charge in [-0.05, 0) is 25.0 Å². The maximum Gasteiger partial charge on any atom is 0.337 e. The van der Waals surface area contributed by atoms with E-state index < -0.39 is 5.97 Å². The van der Waals surface area contributed by atoms with Gasteiger partial charge in [0.2, 0.25) is 5.91 Å². The number of carbonyl (C=O) groups is 2. The SMILES string of the molecule is CC(=O)N(C)C1CCN(c2c(C(=O)O)ccc3nc(-c4ccccc4)cnc23)CC1. The van der Waals surface area contributed by atoms with Gasteiger partial charge in [0.25, 0.3) is 0 Å². The van der Waals surface area contributed by atoms with E-state index in [9.17, 15) is 14.7 Å². The van der Waals surface area contributed by atoms with Gasteiger partial charge in [0.1, 0.15) is 5.52 Å². The zero-order valence-electron chi connectivity index (χ0n) is 17.1. The zero-order chi connectivity index (χ0) is 21.3. The lowest BCUT2D eigenvalue weighted by molar-refractivity contribution is -0.129. The maximum atomic E-state index is 11.9. The fourth-order valence-electron chi connectivity index (χ4n) is 4.05. The number of anilines is 1. The molecule has 1 N–H and O–H groups in total. The Morgan fingerprint density at radius 2 is 1.80 bits per heavy atom. The number of aromatic carboxylic acids is 1. The predicted molar refractivity (Wildman–Crippen MR) is 116 cm³/mol. The fraction of sp³-hybridized carbons (Fsp3) is 0.304. The number of piperidine rings is 1. The summed E-state index contributed by atoms with van der Waals surface area (Å²) in [6.07, 6.45) is 3.26. The summed E-state index contributed by atoms with van der Waals surface area (Å²) in [5.74, 6) is -0.937. The number of rotatable bonds is 4. The van der Waals surface area contributed by atoms with Crippen LogP contribution in [0.4, 0.5) is 5.69 Å². The monoisotopic (exact) mass is 404 g/mol. The van der Waals surface area contributed by atoms with E-state index >= 15 is 0 Å². The molecule has 0 unspecified atom stereocenters. The molecule has 30 heavy (non-hydrogen) atoms. The second kappa shape index (κ2) is 8.10. The highest BCUT2D eigenvalue weighted by molar-refractivity contribution is 6.04. The van der Waals surface area contributed by atoms with Crippen molar-refractivity contribution in [1.82, 2.24) is 14.9 Å². The van der Waals surface area contributed by atoms with Crippen molar-refractivity contribution >= 4 is 28.6 Å². The van der Waals surface area contributed by atoms with Gasteiger partial charge < -0.3 is 14.9 Å². The van der Waals surface area contributed by atoms with Gasteiger partial charge in [0.15, 0.2) is 0 Å². The van der Waals surface area contributed by atoms with E-state index in [-0.39, 0.29) is 17.5 Å². The molecule has 2 heterocycles. The molecule has 0 atom stereocenters. The Morgan fingerprint density at radius 3 is 2.43 bits per heavy atom. The van der Waals surface area contributed by atoms with Crippen molar-refractivity contribution in [2.75, 3.05) is 25.0 Å². The molecular weight excluding hydrogens is 380 g/mol. The van der Waals surface area contributed by atoms with E-state index in [1.165, 1.54) is 0 Å². The van der Waals surface area contributed by atoms with Crippen LogP contribution in [0.5, 0.6) is 0 Å². The number of fused-ring (bicyclic) bond motifs is 1. The third-order valence-electron chi connectivity index (χ3n) is 5.81. The average Bonchev–Trinajstić information content (AvgIpc) is 2.78. The highest BCUT2D eigenvalue weighted by atomic mass is 16.4. The first kappa shape index (κ1) is 19.8. The maximum absolute atomic E-state index is 11.9. The molecule has 0 bridgehead atoms. The summed E-state index contributed by atoms with van der Waals surface area (Å²) in [6, 6.07) is 13.3. The number of nitrogens with zero attached hydrogens (tertiary/aromatic N) is 4. The van der Waals surface area contributed by atoms with Crippen molar-refractivity contribution in [3.63, 3.8) is 0 Å². The van der Waals surface area contributed by atoms with E-state index in [4.69, 9.17) is 4.98 Å². The molecule has 0 radical (unpaired) electrons. The Labute approximate surface area is 175 Å². The Hall–Kier alpha value is -3.48. The summed E-state index contributed by atoms with van der Waals surface area (Å²) in [7, 11) is 1.82. The lowest BCUT2D eigenvalue weighted by atomic mass is 10.0. The molecule has 1 aromatic heterocycles. The van der Waals surface area contributed by atoms with Crippen molar-refractivity contribution < 1.29 is 14.7 Å². The summed E-state index contributed by atoms with van der Waals surface area (Å²) in [6.45, 7) is 2.88. The minimum absolute atomic E-state index is 0.0455. The van der Waals surface area contributed by atoms with Crippen LogP contribution in [0.25, 0.3) is 22.3 Å². The van der Waals surface area contributed by atoms with E-state index in [1.54, 1.807) is 30.2 Å². The van der Waals surface area contributed by atoms with Gasteiger partial charge in [-0.25, -0.2) is 9.78 Å². The average molecular weight is 404 g/mol. The molecule has 1 amide bonds. The molecule has 154 valence electrons. The second-order valence-corrected chi connectivity index (χ2v) is 7.60. The Bertz CT molecular complexity index is 1090. The minimum atomic E-state index is -0.983. The van der Waals surface area contributed by atoms with Gasteiger partial charge in [-0.2, -0.15) is 0 Å². The zero-order valence-corrected chi connectivity index (χ0v) is 17.1. The standard InChI is InChI=1S/C23H24N4O3/c1-15(28)26(2)17-10-12-27(13-11-17)22-18(23(29)30)8-9-19-21(22)24-14-20(25-19)16-6-4-3-5-7-16/h3-9,14,17H,10-13H2,1-2H3,(H,29,30). The largest absolute Gasteiger partial charge is 0.478 e. The van der Waals surface area contributed by atoms with Crippen LogP contribution in [-0.4, -0.2) is 58.0 Å². The number of carbonyl (C=O) groups excluding carboxylic acids is 1. The summed E-state index contributed by atoms with van der Waals surface area (Å²) in [4.78, 5) is 36.8. The molecule has 1 aliphatic rings. The van der Waals surface area contributed by atoms with E-state index in [2.05, 4.69) is 9.88 Å². The highest BCUT2D eigenvalue weighted by Gasteiger charge is 2.28. The quantitative estimate of drug-likeness (QED) is 0.717. The smallest absolute Gasteiger partial charge is 0.337 e. The topological polar surface area (TPSA) is 86.6 Å². The van der Waals surface area contributed by atoms with Crippen LogP contribution in [0, 0.1) is 0 Å². The summed E-state index contributed by atoms with van der Waals surface area (Å²) < 4.78 is 0. The van der Waals surface area contributed by atoms with Crippen molar-refractivity contribution in [2.24, 2.45) is 0 Å². The molecule has 1 saturated heterocycles. The first-order chi connectivity index (χ1) is 14.5. The molecule has 4 rings (SSSR count). The Morgan fingerprint density at radius 1 is 1.10 bits per heavy atom. The number of carboxylic acid groups (broad SMARTS) is 1. The van der Waals surface area contributed by atoms with Crippen LogP contribution in [-0.2, 0) is 4.79 Å². The van der Waals surface area contributed by atoms with Crippen LogP contribution >= 0.6 is 0 Å². The molecule has 7 heteroatoms. The summed E-state index contributed by atoms with van der Waals surface area (Å²) >= 11 is 0. The van der Waals surface area contributed by atoms with Crippen molar-refractivity contribution in [1.29, 1.82) is 0 Å². The molecule has 1 aliphatic heterocycles. The molecule has 1 fully saturated rings. The lowest BCUT2D eigenvalue weighted by Gasteiger charge is -2.38. The fourth-order valence-corrected chi connectivity index (χ4v) is 4.05. The molecule has 0 saturated carbocycles. The molecule has 0 spiro atoms. The van der Waals surface area contributed by atoms with Crippen molar-refractivity contribution in [3.05, 3.63) is 54.2 Å². The van der Waals surface area contributed by atoms with Gasteiger partial charge in [-0.3, -0.25) is 9.78 Å². The second-order valence-electron chi connectivity index (χ2n) is 7.60. The van der Waals surface area contributed by atoms with Crippen LogP contribution < -0.4 is 4.90 Å². The van der Waals surface area contributed by atoms with E-state index in [0.717, 1.165) is 24.1 Å². The number of aromatic nitrogens is 2. The third kappa shape index (κ3) is 3.70. The number of hydrogen-bond acceptors (Lipinski definition) is 5. The van der Waals surface area contributed by atoms with Crippen molar-refractivity contribution in [2.45, 2.75) is 25.8 Å². The third-order valence-corrected chi connectivity index (χ3v) is 5.81. The first-order valence-electron chi connectivity index (χ1n) is 10.0. The normalized spacial score (nSPS) is 14.7. The van der Waals surface area contributed by atoms with Gasteiger partial charge >= 0.3 is 5.97 Å². The summed E-state index contributed by atoms with van der Waals surface area (Å²) in [5.41, 5.74) is 3.80. The number of carboxylic acids is 1. The van der Waals surface area contributed by atoms with Gasteiger partial charge in [-0.1, -0.05) is 30.3 Å². The van der Waals surface area contributed by atoms with Gasteiger partial charge in [0, 0.05) is 38.7 Å². The number of hydrogen-bond donors (Lipinski definition) is 1. The molecule has 0 aliphatic carbocycles. The predicted octanol–water partition coefficient (Wildman–Crippen LogP) is 3.44. The Balaban J connectivity index is 1.72. The minimum Gasteiger partial charge on any atom is -0.478 e. The Kier molecular flexibility index (Phi) is 5.35. The van der Waals surface area contributed by atoms with Crippen LogP contribution in [0.1, 0.15) is 30.1 Å². The molecule has 7 nitrogen and oxygen atoms in total. The van der Waals surface area contributed by atoms with Crippen LogP contribution in [0.3, 0.4) is 0 Å². The van der Waals surface area contributed by atoms with E-state index in [0.29, 0.717) is 29.8 Å². The number of benzene rings is 2. The van der Waals surface area contributed by atoms with E-state index in [1.807, 2.05) is 37.4 Å². The van der Waals surface area contributed by atoms with Gasteiger partial charge in [0.05, 0.1) is 28.7 Å². The van der Waals surface area contributed by atoms with Crippen molar-refractivity contribution in [3.8, 4) is 11.3 Å². The highest BCUT2D eigenvalue weighted by Crippen LogP contribution is 2.33. The first-order valence-corrected chi connectivity index (χ1v) is 10.0. The molecule has 2 aromatic carbocycles. The number of amides is 1. The van der Waals surface area contributed by atoms with Gasteiger partial charge in [-0.15, -0.1) is 0 Å². The summed E-state index contributed by atoms with van der Waals surface area (Å²) in [5, 5.41) is 9.77. The van der Waals surface area contributed by atoms with Crippen LogP contribution in [0.15, 0.2) is 48.7 Å². The molecular formula is C23H24N4O3. The molecule has 3 aromatic rings. The van der Waals surface area contributed by atoms with Crippen LogP contribution in [0.2, 0.25) is 0 Å².